The number of nitrogens with zero attached hydrogens (tertiary/aromatic N) is 1. The molecule has 4 rings (SSSR count). The van der Waals surface area contributed by atoms with E-state index in [-0.39, 0.29) is 6.79 Å². The van der Waals surface area contributed by atoms with Crippen LogP contribution in [0.2, 0.25) is 0 Å². The maximum absolute atomic E-state index is 5.40. The number of rotatable bonds is 2. The van der Waals surface area contributed by atoms with E-state index in [0.717, 1.165) is 34.1 Å². The second-order valence-electron chi connectivity index (χ2n) is 4.58. The zero-order valence-electron chi connectivity index (χ0n) is 10.7. The normalized spacial score (nSPS) is 12.6. The summed E-state index contributed by atoms with van der Waals surface area (Å²) in [7, 11) is 0. The largest absolute Gasteiger partial charge is 0.454 e. The Hall–Kier alpha value is -2.75. The number of ether oxygens (including phenoxy) is 2. The molecule has 0 amide bonds. The van der Waals surface area contributed by atoms with E-state index < -0.39 is 0 Å². The van der Waals surface area contributed by atoms with Crippen molar-refractivity contribution in [1.29, 1.82) is 0 Å². The zero-order chi connectivity index (χ0) is 13.4. The Morgan fingerprint density at radius 1 is 0.900 bits per heavy atom. The number of benzene rings is 2. The molecule has 20 heavy (non-hydrogen) atoms. The van der Waals surface area contributed by atoms with Crippen LogP contribution in [0.25, 0.3) is 22.6 Å². The lowest BCUT2D eigenvalue weighted by atomic mass is 10.1. The van der Waals surface area contributed by atoms with E-state index >= 15 is 0 Å². The van der Waals surface area contributed by atoms with E-state index in [0.29, 0.717) is 0 Å². The first-order valence-electron chi connectivity index (χ1n) is 6.40. The number of hydrogen-bond donors (Lipinski definition) is 1. The van der Waals surface area contributed by atoms with Crippen LogP contribution in [0.5, 0.6) is 11.5 Å². The summed E-state index contributed by atoms with van der Waals surface area (Å²) in [5.74, 6) is 2.42. The van der Waals surface area contributed by atoms with Gasteiger partial charge in [0.15, 0.2) is 11.5 Å². The fourth-order valence-corrected chi connectivity index (χ4v) is 2.27. The number of fused-ring (bicyclic) bond motifs is 1. The third kappa shape index (κ3) is 1.82. The van der Waals surface area contributed by atoms with Gasteiger partial charge < -0.3 is 14.5 Å². The highest BCUT2D eigenvalue weighted by molar-refractivity contribution is 5.67. The Bertz CT molecular complexity index is 750. The predicted octanol–water partition coefficient (Wildman–Crippen LogP) is 3.47. The van der Waals surface area contributed by atoms with Crippen molar-refractivity contribution < 1.29 is 9.47 Å². The number of aromatic nitrogens is 2. The highest BCUT2D eigenvalue weighted by Gasteiger charge is 2.14. The van der Waals surface area contributed by atoms with Crippen LogP contribution in [-0.4, -0.2) is 16.8 Å². The molecular weight excluding hydrogens is 252 g/mol. The van der Waals surface area contributed by atoms with Crippen molar-refractivity contribution in [3.63, 3.8) is 0 Å². The van der Waals surface area contributed by atoms with Crippen LogP contribution >= 0.6 is 0 Å². The Balaban J connectivity index is 1.72. The van der Waals surface area contributed by atoms with E-state index in [4.69, 9.17) is 9.47 Å². The lowest BCUT2D eigenvalue weighted by molar-refractivity contribution is 0.174. The topological polar surface area (TPSA) is 47.1 Å². The number of nitrogens with one attached hydrogen (secondary N) is 1. The van der Waals surface area contributed by atoms with Crippen molar-refractivity contribution in [3.8, 4) is 34.1 Å². The highest BCUT2D eigenvalue weighted by atomic mass is 16.7. The minimum atomic E-state index is 0.289. The number of aromatic amines is 1. The van der Waals surface area contributed by atoms with Crippen molar-refractivity contribution in [2.75, 3.05) is 6.79 Å². The second-order valence-corrected chi connectivity index (χ2v) is 4.58. The van der Waals surface area contributed by atoms with Gasteiger partial charge in [-0.25, -0.2) is 4.98 Å². The van der Waals surface area contributed by atoms with E-state index in [1.54, 1.807) is 0 Å². The van der Waals surface area contributed by atoms with Gasteiger partial charge in [-0.2, -0.15) is 0 Å². The average molecular weight is 264 g/mol. The van der Waals surface area contributed by atoms with E-state index in [9.17, 15) is 0 Å². The fraction of sp³-hybridized carbons (Fsp3) is 0.0625. The SMILES string of the molecule is c1ccc(-c2ncc(-c3ccc4c(c3)OCO4)[nH]2)cc1. The van der Waals surface area contributed by atoms with Crippen LogP contribution in [0, 0.1) is 0 Å². The summed E-state index contributed by atoms with van der Waals surface area (Å²) in [5, 5.41) is 0. The molecule has 0 bridgehead atoms. The van der Waals surface area contributed by atoms with Gasteiger partial charge in [0.2, 0.25) is 6.79 Å². The first kappa shape index (κ1) is 11.1. The van der Waals surface area contributed by atoms with Gasteiger partial charge in [-0.05, 0) is 18.2 Å². The fourth-order valence-electron chi connectivity index (χ4n) is 2.27. The van der Waals surface area contributed by atoms with Crippen LogP contribution in [0.4, 0.5) is 0 Å². The number of imidazole rings is 1. The summed E-state index contributed by atoms with van der Waals surface area (Å²) in [6.45, 7) is 0.289. The molecule has 98 valence electrons. The molecule has 0 atom stereocenters. The van der Waals surface area contributed by atoms with Crippen LogP contribution in [0.3, 0.4) is 0 Å². The maximum atomic E-state index is 5.40. The van der Waals surface area contributed by atoms with Crippen molar-refractivity contribution in [2.45, 2.75) is 0 Å². The zero-order valence-corrected chi connectivity index (χ0v) is 10.7. The molecule has 0 aliphatic carbocycles. The highest BCUT2D eigenvalue weighted by Crippen LogP contribution is 2.35. The summed E-state index contributed by atoms with van der Waals surface area (Å²) in [6.07, 6.45) is 1.83. The van der Waals surface area contributed by atoms with Crippen LogP contribution in [0.15, 0.2) is 54.7 Å². The third-order valence-corrected chi connectivity index (χ3v) is 3.31. The van der Waals surface area contributed by atoms with Gasteiger partial charge in [0.25, 0.3) is 0 Å². The summed E-state index contributed by atoms with van der Waals surface area (Å²) in [4.78, 5) is 7.76. The molecule has 1 aliphatic heterocycles. The molecule has 1 N–H and O–H groups in total. The molecule has 1 aliphatic rings. The summed E-state index contributed by atoms with van der Waals surface area (Å²) >= 11 is 0. The Morgan fingerprint density at radius 2 is 1.75 bits per heavy atom. The molecule has 3 aromatic rings. The minimum absolute atomic E-state index is 0.289. The van der Waals surface area contributed by atoms with Crippen molar-refractivity contribution in [1.82, 2.24) is 9.97 Å². The molecule has 4 heteroatoms. The lowest BCUT2D eigenvalue weighted by Gasteiger charge is -2.00. The molecule has 0 fully saturated rings. The third-order valence-electron chi connectivity index (χ3n) is 3.31. The van der Waals surface area contributed by atoms with Gasteiger partial charge in [0, 0.05) is 11.1 Å². The van der Waals surface area contributed by atoms with Crippen molar-refractivity contribution >= 4 is 0 Å². The molecule has 0 unspecified atom stereocenters. The van der Waals surface area contributed by atoms with Gasteiger partial charge in [-0.3, -0.25) is 0 Å². The predicted molar refractivity (Wildman–Crippen MR) is 75.6 cm³/mol. The van der Waals surface area contributed by atoms with Gasteiger partial charge in [0.1, 0.15) is 5.82 Å². The molecule has 2 heterocycles. The average Bonchev–Trinajstić information content (AvgIpc) is 3.16. The van der Waals surface area contributed by atoms with Crippen LogP contribution in [-0.2, 0) is 0 Å². The minimum Gasteiger partial charge on any atom is -0.454 e. The molecule has 2 aromatic carbocycles. The van der Waals surface area contributed by atoms with E-state index in [1.165, 1.54) is 0 Å². The summed E-state index contributed by atoms with van der Waals surface area (Å²) in [5.41, 5.74) is 3.06. The van der Waals surface area contributed by atoms with Gasteiger partial charge in [-0.1, -0.05) is 30.3 Å². The monoisotopic (exact) mass is 264 g/mol. The standard InChI is InChI=1S/C16H12N2O2/c1-2-4-11(5-3-1)16-17-9-13(18-16)12-6-7-14-15(8-12)20-10-19-14/h1-9H,10H2,(H,17,18). The summed E-state index contributed by atoms with van der Waals surface area (Å²) < 4.78 is 10.7. The molecule has 0 saturated carbocycles. The molecule has 0 saturated heterocycles. The Labute approximate surface area is 116 Å². The Kier molecular flexibility index (Phi) is 2.45. The lowest BCUT2D eigenvalue weighted by Crippen LogP contribution is -1.92. The van der Waals surface area contributed by atoms with Crippen molar-refractivity contribution in [2.24, 2.45) is 0 Å². The summed E-state index contributed by atoms with van der Waals surface area (Å²) in [6, 6.07) is 15.9. The van der Waals surface area contributed by atoms with E-state index in [2.05, 4.69) is 9.97 Å². The van der Waals surface area contributed by atoms with Gasteiger partial charge >= 0.3 is 0 Å². The number of hydrogen-bond acceptors (Lipinski definition) is 3. The molecule has 0 spiro atoms. The smallest absolute Gasteiger partial charge is 0.231 e. The molecule has 0 radical (unpaired) electrons. The van der Waals surface area contributed by atoms with Crippen molar-refractivity contribution in [3.05, 3.63) is 54.7 Å². The Morgan fingerprint density at radius 3 is 2.65 bits per heavy atom. The van der Waals surface area contributed by atoms with Gasteiger partial charge in [0.05, 0.1) is 11.9 Å². The quantitative estimate of drug-likeness (QED) is 0.771. The first-order valence-corrected chi connectivity index (χ1v) is 6.40. The molecular formula is C16H12N2O2. The number of H-pyrrole nitrogens is 1. The maximum Gasteiger partial charge on any atom is 0.231 e. The molecule has 4 nitrogen and oxygen atoms in total. The molecule has 1 aromatic heterocycles. The van der Waals surface area contributed by atoms with Crippen LogP contribution in [0.1, 0.15) is 0 Å². The van der Waals surface area contributed by atoms with Gasteiger partial charge in [-0.15, -0.1) is 0 Å². The van der Waals surface area contributed by atoms with Crippen LogP contribution < -0.4 is 9.47 Å². The first-order chi connectivity index (χ1) is 9.90. The second kappa shape index (κ2) is 4.42. The van der Waals surface area contributed by atoms with E-state index in [1.807, 2.05) is 54.7 Å².